The molecule has 4 heterocycles. The van der Waals surface area contributed by atoms with Crippen LogP contribution in [0.15, 0.2) is 129 Å². The second-order valence-electron chi connectivity index (χ2n) is 16.8. The van der Waals surface area contributed by atoms with Crippen molar-refractivity contribution in [2.24, 2.45) is 28.2 Å². The topological polar surface area (TPSA) is 406 Å². The third-order valence-electron chi connectivity index (χ3n) is 11.5. The lowest BCUT2D eigenvalue weighted by Gasteiger charge is -2.17. The van der Waals surface area contributed by atoms with Crippen LogP contribution in [0, 0.1) is 0 Å². The highest BCUT2D eigenvalue weighted by Gasteiger charge is 2.23. The number of aromatic nitrogens is 4. The van der Waals surface area contributed by atoms with Gasteiger partial charge in [0.05, 0.1) is 53.2 Å². The molecular formula is C45H36N10O17S4-4. The highest BCUT2D eigenvalue weighted by atomic mass is 32.2. The van der Waals surface area contributed by atoms with Crippen LogP contribution in [-0.4, -0.2) is 99.8 Å². The molecule has 6 amide bonds. The molecule has 31 heteroatoms. The fraction of sp³-hybridized carbons (Fsp3) is 0.0889. The minimum atomic E-state index is -5.37. The third kappa shape index (κ3) is 11.2. The molecule has 27 nitrogen and oxygen atoms in total. The van der Waals surface area contributed by atoms with Gasteiger partial charge in [0.1, 0.15) is 63.7 Å². The quantitative estimate of drug-likeness (QED) is 0.0847. The summed E-state index contributed by atoms with van der Waals surface area (Å²) in [5.41, 5.74) is -0.398. The van der Waals surface area contributed by atoms with Gasteiger partial charge in [-0.25, -0.2) is 38.5 Å². The fourth-order valence-electron chi connectivity index (χ4n) is 7.90. The number of carbonyl (C=O) groups excluding carboxylic acids is 5. The zero-order chi connectivity index (χ0) is 55.6. The second kappa shape index (κ2) is 19.5. The molecule has 0 fully saturated rings. The lowest BCUT2D eigenvalue weighted by molar-refractivity contribution is 0.101. The van der Waals surface area contributed by atoms with E-state index in [9.17, 15) is 75.9 Å². The highest BCUT2D eigenvalue weighted by molar-refractivity contribution is 7.87. The number of amides is 6. The maximum absolute atomic E-state index is 13.4. The van der Waals surface area contributed by atoms with E-state index < -0.39 is 89.7 Å². The molecule has 8 aromatic rings. The van der Waals surface area contributed by atoms with Gasteiger partial charge in [-0.1, -0.05) is 24.3 Å². The number of hydrogen-bond acceptors (Lipinski definition) is 17. The van der Waals surface area contributed by atoms with Crippen LogP contribution in [-0.2, 0) is 68.7 Å². The van der Waals surface area contributed by atoms with E-state index in [0.29, 0.717) is 12.1 Å². The molecule has 0 aliphatic heterocycles. The van der Waals surface area contributed by atoms with E-state index in [0.717, 1.165) is 12.1 Å². The molecule has 0 aliphatic carbocycles. The van der Waals surface area contributed by atoms with Crippen LogP contribution in [0.4, 0.5) is 39.4 Å². The van der Waals surface area contributed by atoms with Gasteiger partial charge in [-0.3, -0.25) is 29.8 Å². The number of nitrogens with zero attached hydrogens (tertiary/aromatic N) is 4. The number of hydrogen-bond donors (Lipinski definition) is 6. The Morgan fingerprint density at radius 2 is 0.671 bits per heavy atom. The Morgan fingerprint density at radius 1 is 0.382 bits per heavy atom. The van der Waals surface area contributed by atoms with Gasteiger partial charge >= 0.3 is 6.03 Å². The summed E-state index contributed by atoms with van der Waals surface area (Å²) in [7, 11) is -15.0. The first-order chi connectivity index (χ1) is 35.3. The summed E-state index contributed by atoms with van der Waals surface area (Å²) in [6.45, 7) is 0. The number of nitrogens with one attached hydrogen (secondary N) is 6. The predicted molar refractivity (Wildman–Crippen MR) is 266 cm³/mol. The molecule has 0 bridgehead atoms. The smallest absolute Gasteiger partial charge is 0.325 e. The zero-order valence-corrected chi connectivity index (χ0v) is 42.5. The Balaban J connectivity index is 0.896. The summed E-state index contributed by atoms with van der Waals surface area (Å²) in [6, 6.07) is 14.6. The fourth-order valence-corrected chi connectivity index (χ4v) is 10.6. The Kier molecular flexibility index (Phi) is 13.8. The lowest BCUT2D eigenvalue weighted by Crippen LogP contribution is -2.22. The van der Waals surface area contributed by atoms with E-state index in [1.807, 2.05) is 0 Å². The molecule has 0 atom stereocenters. The Hall–Kier alpha value is -8.69. The number of rotatable bonds is 14. The molecular weight excluding hydrogens is 1080 g/mol. The number of anilines is 6. The molecule has 76 heavy (non-hydrogen) atoms. The number of urea groups is 1. The van der Waals surface area contributed by atoms with Crippen LogP contribution in [0.3, 0.4) is 0 Å². The molecule has 4 aromatic heterocycles. The highest BCUT2D eigenvalue weighted by Crippen LogP contribution is 2.35. The van der Waals surface area contributed by atoms with Crippen LogP contribution in [0.2, 0.25) is 0 Å². The van der Waals surface area contributed by atoms with Gasteiger partial charge in [0, 0.05) is 63.8 Å². The van der Waals surface area contributed by atoms with Crippen molar-refractivity contribution in [2.45, 2.75) is 19.6 Å². The number of benzene rings is 4. The summed E-state index contributed by atoms with van der Waals surface area (Å²) in [6.07, 6.45) is 5.42. The molecule has 8 rings (SSSR count). The molecule has 6 N–H and O–H groups in total. The van der Waals surface area contributed by atoms with E-state index in [1.165, 1.54) is 132 Å². The van der Waals surface area contributed by atoms with Gasteiger partial charge in [-0.05, 0) is 71.4 Å². The van der Waals surface area contributed by atoms with Crippen molar-refractivity contribution >= 4 is 126 Å². The van der Waals surface area contributed by atoms with E-state index >= 15 is 0 Å². The summed E-state index contributed by atoms with van der Waals surface area (Å²) >= 11 is 0. The largest absolute Gasteiger partial charge is 0.744 e. The van der Waals surface area contributed by atoms with Crippen LogP contribution < -0.4 is 31.9 Å². The van der Waals surface area contributed by atoms with Gasteiger partial charge < -0.3 is 57.7 Å². The maximum atomic E-state index is 13.4. The Labute approximate surface area is 430 Å². The zero-order valence-electron chi connectivity index (χ0n) is 39.3. The van der Waals surface area contributed by atoms with E-state index in [2.05, 4.69) is 31.9 Å². The summed E-state index contributed by atoms with van der Waals surface area (Å²) in [4.78, 5) is 62.8. The minimum Gasteiger partial charge on any atom is -0.744 e. The molecule has 0 radical (unpaired) electrons. The van der Waals surface area contributed by atoms with Crippen molar-refractivity contribution in [2.75, 3.05) is 31.9 Å². The molecule has 0 saturated heterocycles. The van der Waals surface area contributed by atoms with Crippen molar-refractivity contribution < 1.29 is 75.9 Å². The van der Waals surface area contributed by atoms with Crippen LogP contribution in [0.5, 0.6) is 0 Å². The predicted octanol–water partition coefficient (Wildman–Crippen LogP) is 3.62. The van der Waals surface area contributed by atoms with Crippen molar-refractivity contribution in [3.63, 3.8) is 0 Å². The normalized spacial score (nSPS) is 12.1. The third-order valence-corrected chi connectivity index (χ3v) is 14.8. The van der Waals surface area contributed by atoms with Crippen LogP contribution in [0.1, 0.15) is 41.4 Å². The monoisotopic (exact) mass is 1120 g/mol. The SMILES string of the molecule is Cn1cc(C(=O)Nc2cc(C(=O)Nc3cccc4cc(S(=O)(=O)[O-])cc(S(=O)(=O)[O-])c34)cn2C)cc1NC(=O)Nc1cc(C(=O)Nc2cc(C(=O)Nc3cccc4cc(S(=O)(=O)[O-])cc(S(=O)(=O)[O-])c34)cn2C)cn1C. The average molecular weight is 1120 g/mol. The summed E-state index contributed by atoms with van der Waals surface area (Å²) in [5, 5.41) is 14.4. The molecule has 4 aromatic carbocycles. The first kappa shape index (κ1) is 53.6. The Bertz CT molecular complexity index is 4020. The number of carbonyl (C=O) groups is 5. The van der Waals surface area contributed by atoms with Crippen molar-refractivity contribution in [3.05, 3.63) is 132 Å². The van der Waals surface area contributed by atoms with Crippen LogP contribution in [0.25, 0.3) is 21.5 Å². The number of aryl methyl sites for hydroxylation is 4. The molecule has 0 aliphatic rings. The van der Waals surface area contributed by atoms with Crippen molar-refractivity contribution in [3.8, 4) is 0 Å². The maximum Gasteiger partial charge on any atom is 0.325 e. The average Bonchev–Trinajstić information content (AvgIpc) is 4.09. The van der Waals surface area contributed by atoms with Gasteiger partial charge in [0.25, 0.3) is 23.6 Å². The van der Waals surface area contributed by atoms with E-state index in [4.69, 9.17) is 0 Å². The molecule has 0 spiro atoms. The minimum absolute atomic E-state index is 0.0499. The Morgan fingerprint density at radius 3 is 0.961 bits per heavy atom. The summed E-state index contributed by atoms with van der Waals surface area (Å²) in [5.74, 6) is -2.54. The van der Waals surface area contributed by atoms with Gasteiger partial charge in [-0.2, -0.15) is 0 Å². The lowest BCUT2D eigenvalue weighted by atomic mass is 10.1. The van der Waals surface area contributed by atoms with Gasteiger partial charge in [0.15, 0.2) is 0 Å². The van der Waals surface area contributed by atoms with E-state index in [1.54, 1.807) is 0 Å². The van der Waals surface area contributed by atoms with Crippen molar-refractivity contribution in [1.82, 2.24) is 18.3 Å². The second-order valence-corrected chi connectivity index (χ2v) is 22.2. The summed E-state index contributed by atoms with van der Waals surface area (Å²) < 4.78 is 149. The standard InChI is InChI=1S/C45H40N10O17S4/c1-52-19-25(41(56)46-31-9-5-7-23-11-29(73(61,62)63)17-33(39(23)31)75(67,68)69)13-35(52)48-43(58)27-15-37(54(3)21-27)50-45(60)51-38-16-28(22-55(38)4)44(59)49-36-14-26(20-53(36)2)42(57)47-32-10-6-8-24-12-30(74(64,65)66)18-34(40(24)32)76(70,71)72/h5-22H,1-4H3,(H,46,56)(H,47,57)(H,48,58)(H,49,59)(H2,50,51,60)(H,61,62,63)(H,64,65,66)(H,67,68,69)(H,70,71,72)/p-4. The van der Waals surface area contributed by atoms with Gasteiger partial charge in [-0.15, -0.1) is 0 Å². The molecule has 0 saturated carbocycles. The van der Waals surface area contributed by atoms with Crippen LogP contribution >= 0.6 is 0 Å². The number of fused-ring (bicyclic) bond motifs is 2. The van der Waals surface area contributed by atoms with Crippen molar-refractivity contribution in [1.29, 1.82) is 0 Å². The van der Waals surface area contributed by atoms with Gasteiger partial charge in [0.2, 0.25) is 0 Å². The molecule has 396 valence electrons. The first-order valence-electron chi connectivity index (χ1n) is 21.3. The van der Waals surface area contributed by atoms with E-state index in [-0.39, 0.29) is 78.4 Å². The first-order valence-corrected chi connectivity index (χ1v) is 26.9. The molecule has 0 unspecified atom stereocenters.